The highest BCUT2D eigenvalue weighted by Crippen LogP contribution is 2.14. The van der Waals surface area contributed by atoms with Gasteiger partial charge in [0.05, 0.1) is 6.54 Å². The molecule has 1 aromatic rings. The van der Waals surface area contributed by atoms with Crippen molar-refractivity contribution < 1.29 is 4.79 Å². The summed E-state index contributed by atoms with van der Waals surface area (Å²) in [6.45, 7) is 7.53. The zero-order valence-electron chi connectivity index (χ0n) is 10.4. The quantitative estimate of drug-likeness (QED) is 0.732. The molecular formula is C14H21NO. The van der Waals surface area contributed by atoms with Crippen molar-refractivity contribution in [2.75, 3.05) is 18.0 Å². The first-order valence-corrected chi connectivity index (χ1v) is 6.01. The molecule has 0 fully saturated rings. The van der Waals surface area contributed by atoms with Crippen LogP contribution >= 0.6 is 0 Å². The number of benzene rings is 1. The van der Waals surface area contributed by atoms with Gasteiger partial charge in [0.25, 0.3) is 0 Å². The van der Waals surface area contributed by atoms with Gasteiger partial charge >= 0.3 is 0 Å². The second-order valence-corrected chi connectivity index (χ2v) is 4.13. The molecule has 16 heavy (non-hydrogen) atoms. The van der Waals surface area contributed by atoms with E-state index in [9.17, 15) is 4.79 Å². The summed E-state index contributed by atoms with van der Waals surface area (Å²) < 4.78 is 0. The van der Waals surface area contributed by atoms with E-state index in [1.165, 1.54) is 0 Å². The van der Waals surface area contributed by atoms with Gasteiger partial charge in [-0.15, -0.1) is 0 Å². The van der Waals surface area contributed by atoms with E-state index in [0.717, 1.165) is 18.7 Å². The normalized spacial score (nSPS) is 12.2. The Bertz CT molecular complexity index is 321. The van der Waals surface area contributed by atoms with E-state index >= 15 is 0 Å². The van der Waals surface area contributed by atoms with Crippen molar-refractivity contribution in [2.45, 2.75) is 27.2 Å². The number of anilines is 1. The highest BCUT2D eigenvalue weighted by molar-refractivity contribution is 5.85. The zero-order valence-corrected chi connectivity index (χ0v) is 10.4. The van der Waals surface area contributed by atoms with Crippen LogP contribution in [0.1, 0.15) is 27.2 Å². The maximum Gasteiger partial charge on any atom is 0.154 e. The largest absolute Gasteiger partial charge is 0.364 e. The summed E-state index contributed by atoms with van der Waals surface area (Å²) in [4.78, 5) is 14.0. The Kier molecular flexibility index (Phi) is 5.03. The maximum absolute atomic E-state index is 11.9. The van der Waals surface area contributed by atoms with Gasteiger partial charge < -0.3 is 4.90 Å². The van der Waals surface area contributed by atoms with Crippen LogP contribution in [0.2, 0.25) is 0 Å². The Balaban J connectivity index is 2.66. The Morgan fingerprint density at radius 3 is 2.38 bits per heavy atom. The number of para-hydroxylation sites is 1. The molecule has 0 N–H and O–H groups in total. The highest BCUT2D eigenvalue weighted by Gasteiger charge is 2.14. The zero-order chi connectivity index (χ0) is 12.0. The standard InChI is InChI=1S/C14H21NO/c1-4-12(3)14(16)11-15(5-2)13-9-7-6-8-10-13/h6-10,12H,4-5,11H2,1-3H3. The van der Waals surface area contributed by atoms with E-state index in [4.69, 9.17) is 0 Å². The number of ketones is 1. The maximum atomic E-state index is 11.9. The van der Waals surface area contributed by atoms with Crippen LogP contribution in [0.4, 0.5) is 5.69 Å². The third-order valence-electron chi connectivity index (χ3n) is 3.01. The lowest BCUT2D eigenvalue weighted by Crippen LogP contribution is -2.32. The fourth-order valence-electron chi connectivity index (χ4n) is 1.60. The van der Waals surface area contributed by atoms with Gasteiger partial charge in [-0.1, -0.05) is 32.0 Å². The minimum absolute atomic E-state index is 0.165. The molecule has 1 aromatic carbocycles. The molecule has 0 saturated carbocycles. The van der Waals surface area contributed by atoms with Crippen LogP contribution in [0, 0.1) is 5.92 Å². The number of likely N-dealkylation sites (N-methyl/N-ethyl adjacent to an activating group) is 1. The Morgan fingerprint density at radius 2 is 1.88 bits per heavy atom. The van der Waals surface area contributed by atoms with E-state index in [1.54, 1.807) is 0 Å². The predicted octanol–water partition coefficient (Wildman–Crippen LogP) is 3.13. The van der Waals surface area contributed by atoms with E-state index in [1.807, 2.05) is 37.3 Å². The van der Waals surface area contributed by atoms with Gasteiger partial charge in [0.2, 0.25) is 0 Å². The number of Topliss-reactive ketones (excluding diaryl/α,β-unsaturated/α-hetero) is 1. The fraction of sp³-hybridized carbons (Fsp3) is 0.500. The molecular weight excluding hydrogens is 198 g/mol. The third kappa shape index (κ3) is 3.37. The van der Waals surface area contributed by atoms with E-state index < -0.39 is 0 Å². The van der Waals surface area contributed by atoms with Crippen LogP contribution < -0.4 is 4.90 Å². The number of hydrogen-bond donors (Lipinski definition) is 0. The smallest absolute Gasteiger partial charge is 0.154 e. The molecule has 0 heterocycles. The van der Waals surface area contributed by atoms with Crippen LogP contribution in [0.5, 0.6) is 0 Å². The first-order valence-electron chi connectivity index (χ1n) is 6.01. The average Bonchev–Trinajstić information content (AvgIpc) is 2.35. The number of carbonyl (C=O) groups is 1. The van der Waals surface area contributed by atoms with Crippen LogP contribution in [0.3, 0.4) is 0 Å². The van der Waals surface area contributed by atoms with Crippen molar-refractivity contribution in [1.82, 2.24) is 0 Å². The van der Waals surface area contributed by atoms with Crippen molar-refractivity contribution in [3.05, 3.63) is 30.3 Å². The van der Waals surface area contributed by atoms with Gasteiger partial charge in [0.15, 0.2) is 5.78 Å². The van der Waals surface area contributed by atoms with E-state index in [-0.39, 0.29) is 5.92 Å². The van der Waals surface area contributed by atoms with Crippen LogP contribution in [-0.2, 0) is 4.79 Å². The topological polar surface area (TPSA) is 20.3 Å². The van der Waals surface area contributed by atoms with Crippen molar-refractivity contribution >= 4 is 11.5 Å². The van der Waals surface area contributed by atoms with Gasteiger partial charge in [0.1, 0.15) is 0 Å². The van der Waals surface area contributed by atoms with E-state index in [0.29, 0.717) is 12.3 Å². The molecule has 0 aliphatic heterocycles. The van der Waals surface area contributed by atoms with Crippen molar-refractivity contribution in [2.24, 2.45) is 5.92 Å². The average molecular weight is 219 g/mol. The molecule has 1 rings (SSSR count). The minimum Gasteiger partial charge on any atom is -0.364 e. The molecule has 0 radical (unpaired) electrons. The lowest BCUT2D eigenvalue weighted by atomic mass is 10.0. The number of hydrogen-bond acceptors (Lipinski definition) is 2. The Morgan fingerprint density at radius 1 is 1.25 bits per heavy atom. The summed E-state index contributed by atoms with van der Waals surface area (Å²) in [7, 11) is 0. The lowest BCUT2D eigenvalue weighted by Gasteiger charge is -2.23. The molecule has 0 aliphatic carbocycles. The molecule has 0 spiro atoms. The molecule has 2 nitrogen and oxygen atoms in total. The minimum atomic E-state index is 0.165. The molecule has 2 heteroatoms. The fourth-order valence-corrected chi connectivity index (χ4v) is 1.60. The second-order valence-electron chi connectivity index (χ2n) is 4.13. The first-order chi connectivity index (χ1) is 7.69. The summed E-state index contributed by atoms with van der Waals surface area (Å²) in [6, 6.07) is 10.1. The Hall–Kier alpha value is -1.31. The van der Waals surface area contributed by atoms with Gasteiger partial charge in [-0.2, -0.15) is 0 Å². The van der Waals surface area contributed by atoms with Gasteiger partial charge in [0, 0.05) is 18.2 Å². The number of carbonyl (C=O) groups excluding carboxylic acids is 1. The summed E-state index contributed by atoms with van der Waals surface area (Å²) in [6.07, 6.45) is 0.922. The van der Waals surface area contributed by atoms with Crippen LogP contribution in [-0.4, -0.2) is 18.9 Å². The molecule has 0 aliphatic rings. The van der Waals surface area contributed by atoms with Gasteiger partial charge in [-0.3, -0.25) is 4.79 Å². The monoisotopic (exact) mass is 219 g/mol. The summed E-state index contributed by atoms with van der Waals surface area (Å²) in [5.41, 5.74) is 1.13. The van der Waals surface area contributed by atoms with Crippen molar-refractivity contribution in [3.63, 3.8) is 0 Å². The molecule has 0 bridgehead atoms. The molecule has 0 saturated heterocycles. The SMILES string of the molecule is CCC(C)C(=O)CN(CC)c1ccccc1. The lowest BCUT2D eigenvalue weighted by molar-refractivity contribution is -0.121. The summed E-state index contributed by atoms with van der Waals surface area (Å²) in [5, 5.41) is 0. The molecule has 0 amide bonds. The Labute approximate surface area is 98.3 Å². The van der Waals surface area contributed by atoms with Crippen LogP contribution in [0.15, 0.2) is 30.3 Å². The third-order valence-corrected chi connectivity index (χ3v) is 3.01. The molecule has 0 aromatic heterocycles. The molecule has 1 unspecified atom stereocenters. The molecule has 1 atom stereocenters. The van der Waals surface area contributed by atoms with Gasteiger partial charge in [-0.05, 0) is 25.5 Å². The highest BCUT2D eigenvalue weighted by atomic mass is 16.1. The van der Waals surface area contributed by atoms with E-state index in [2.05, 4.69) is 18.7 Å². The summed E-state index contributed by atoms with van der Waals surface area (Å²) in [5.74, 6) is 0.492. The van der Waals surface area contributed by atoms with Crippen molar-refractivity contribution in [3.8, 4) is 0 Å². The first kappa shape index (κ1) is 12.8. The van der Waals surface area contributed by atoms with Crippen LogP contribution in [0.25, 0.3) is 0 Å². The molecule has 88 valence electrons. The number of rotatable bonds is 6. The summed E-state index contributed by atoms with van der Waals surface area (Å²) >= 11 is 0. The number of nitrogens with zero attached hydrogens (tertiary/aromatic N) is 1. The second kappa shape index (κ2) is 6.31. The predicted molar refractivity (Wildman–Crippen MR) is 68.8 cm³/mol. The van der Waals surface area contributed by atoms with Gasteiger partial charge in [-0.25, -0.2) is 0 Å². The van der Waals surface area contributed by atoms with Crippen molar-refractivity contribution in [1.29, 1.82) is 0 Å².